The van der Waals surface area contributed by atoms with Gasteiger partial charge in [0, 0.05) is 10.2 Å². The lowest BCUT2D eigenvalue weighted by Gasteiger charge is -2.12. The number of imidazole rings is 1. The van der Waals surface area contributed by atoms with Gasteiger partial charge in [-0.15, -0.1) is 11.6 Å². The highest BCUT2D eigenvalue weighted by atomic mass is 79.9. The van der Waals surface area contributed by atoms with Gasteiger partial charge in [0.2, 0.25) is 0 Å². The average molecular weight is 364 g/mol. The van der Waals surface area contributed by atoms with Crippen LogP contribution in [0.1, 0.15) is 29.3 Å². The number of benzene rings is 2. The number of hydrogen-bond acceptors (Lipinski definition) is 1. The number of aromatic nitrogens is 2. The van der Waals surface area contributed by atoms with Crippen LogP contribution >= 0.6 is 27.5 Å². The molecule has 1 unspecified atom stereocenters. The molecule has 4 heteroatoms. The second-order valence-electron chi connectivity index (χ2n) is 5.30. The number of para-hydroxylation sites is 1. The fraction of sp³-hybridized carbons (Fsp3) is 0.235. The first-order valence-corrected chi connectivity index (χ1v) is 8.10. The van der Waals surface area contributed by atoms with Gasteiger partial charge in [-0.25, -0.2) is 4.98 Å². The van der Waals surface area contributed by atoms with Crippen LogP contribution in [0.2, 0.25) is 0 Å². The Morgan fingerprint density at radius 2 is 1.90 bits per heavy atom. The van der Waals surface area contributed by atoms with Crippen molar-refractivity contribution in [3.8, 4) is 5.69 Å². The van der Waals surface area contributed by atoms with E-state index in [-0.39, 0.29) is 5.38 Å². The molecule has 3 rings (SSSR count). The average Bonchev–Trinajstić information content (AvgIpc) is 2.83. The molecule has 2 aromatic carbocycles. The molecule has 0 fully saturated rings. The highest BCUT2D eigenvalue weighted by Gasteiger charge is 2.17. The van der Waals surface area contributed by atoms with Crippen LogP contribution in [0.5, 0.6) is 0 Å². The van der Waals surface area contributed by atoms with Crippen LogP contribution in [-0.2, 0) is 0 Å². The van der Waals surface area contributed by atoms with E-state index in [2.05, 4.69) is 70.7 Å². The van der Waals surface area contributed by atoms with Crippen molar-refractivity contribution in [2.45, 2.75) is 26.1 Å². The van der Waals surface area contributed by atoms with Crippen molar-refractivity contribution in [2.24, 2.45) is 0 Å². The molecule has 21 heavy (non-hydrogen) atoms. The third-order valence-corrected chi connectivity index (χ3v) is 4.73. The third kappa shape index (κ3) is 2.49. The lowest BCUT2D eigenvalue weighted by molar-refractivity contribution is 0.881. The molecule has 1 aromatic heterocycles. The third-order valence-electron chi connectivity index (χ3n) is 3.68. The highest BCUT2D eigenvalue weighted by molar-refractivity contribution is 9.10. The van der Waals surface area contributed by atoms with Gasteiger partial charge in [0.25, 0.3) is 0 Å². The first-order valence-electron chi connectivity index (χ1n) is 6.87. The summed E-state index contributed by atoms with van der Waals surface area (Å²) in [6.45, 7) is 6.11. The zero-order valence-corrected chi connectivity index (χ0v) is 14.5. The molecule has 3 aromatic rings. The van der Waals surface area contributed by atoms with Crippen LogP contribution in [0.15, 0.2) is 40.9 Å². The van der Waals surface area contributed by atoms with E-state index in [9.17, 15) is 0 Å². The fourth-order valence-electron chi connectivity index (χ4n) is 2.52. The first kappa shape index (κ1) is 14.6. The number of alkyl halides is 1. The maximum atomic E-state index is 6.36. The number of rotatable bonds is 2. The Morgan fingerprint density at radius 3 is 2.57 bits per heavy atom. The van der Waals surface area contributed by atoms with Crippen LogP contribution in [0.4, 0.5) is 0 Å². The van der Waals surface area contributed by atoms with Gasteiger partial charge < -0.3 is 0 Å². The van der Waals surface area contributed by atoms with Crippen LogP contribution in [0, 0.1) is 13.8 Å². The van der Waals surface area contributed by atoms with Crippen molar-refractivity contribution in [1.82, 2.24) is 9.55 Å². The predicted molar refractivity (Wildman–Crippen MR) is 92.5 cm³/mol. The van der Waals surface area contributed by atoms with Crippen molar-refractivity contribution in [1.29, 1.82) is 0 Å². The van der Waals surface area contributed by atoms with Crippen molar-refractivity contribution >= 4 is 38.6 Å². The zero-order chi connectivity index (χ0) is 15.1. The number of aryl methyl sites for hydroxylation is 2. The number of fused-ring (bicyclic) bond motifs is 1. The van der Waals surface area contributed by atoms with E-state index < -0.39 is 0 Å². The number of nitrogens with zero attached hydrogens (tertiary/aromatic N) is 2. The van der Waals surface area contributed by atoms with Gasteiger partial charge in [0.15, 0.2) is 0 Å². The summed E-state index contributed by atoms with van der Waals surface area (Å²) in [6.07, 6.45) is 0. The van der Waals surface area contributed by atoms with E-state index in [1.165, 1.54) is 5.56 Å². The van der Waals surface area contributed by atoms with Crippen LogP contribution in [-0.4, -0.2) is 9.55 Å². The molecule has 0 aliphatic heterocycles. The molecule has 1 heterocycles. The summed E-state index contributed by atoms with van der Waals surface area (Å²) < 4.78 is 3.23. The molecule has 0 radical (unpaired) electrons. The topological polar surface area (TPSA) is 17.8 Å². The van der Waals surface area contributed by atoms with E-state index in [1.807, 2.05) is 6.92 Å². The molecule has 0 saturated heterocycles. The fourth-order valence-corrected chi connectivity index (χ4v) is 3.03. The summed E-state index contributed by atoms with van der Waals surface area (Å²) in [7, 11) is 0. The second kappa shape index (κ2) is 5.47. The standard InChI is InChI=1S/C17H16BrClN2/c1-10-7-8-13(9-14(10)18)21-15-6-4-5-11(2)16(15)20-17(21)12(3)19/h4-9,12H,1-3H3. The Bertz CT molecular complexity index is 821. The quantitative estimate of drug-likeness (QED) is 0.534. The van der Waals surface area contributed by atoms with E-state index in [1.54, 1.807) is 0 Å². The normalized spacial score (nSPS) is 12.8. The Morgan fingerprint density at radius 1 is 1.14 bits per heavy atom. The summed E-state index contributed by atoms with van der Waals surface area (Å²) in [5.74, 6) is 0.872. The molecule has 0 saturated carbocycles. The van der Waals surface area contributed by atoms with Gasteiger partial charge in [-0.2, -0.15) is 0 Å². The molecule has 0 N–H and O–H groups in total. The van der Waals surface area contributed by atoms with Crippen LogP contribution in [0.25, 0.3) is 16.7 Å². The Balaban J connectivity index is 2.36. The summed E-state index contributed by atoms with van der Waals surface area (Å²) in [6, 6.07) is 12.5. The van der Waals surface area contributed by atoms with Gasteiger partial charge in [0.1, 0.15) is 5.82 Å². The molecule has 0 aliphatic rings. The minimum Gasteiger partial charge on any atom is -0.295 e. The van der Waals surface area contributed by atoms with Gasteiger partial charge >= 0.3 is 0 Å². The lowest BCUT2D eigenvalue weighted by atomic mass is 10.2. The minimum absolute atomic E-state index is 0.156. The SMILES string of the molecule is Cc1ccc(-n2c(C(C)Cl)nc3c(C)cccc32)cc1Br. The molecule has 0 spiro atoms. The number of hydrogen-bond donors (Lipinski definition) is 0. The minimum atomic E-state index is -0.156. The lowest BCUT2D eigenvalue weighted by Crippen LogP contribution is -2.02. The monoisotopic (exact) mass is 362 g/mol. The summed E-state index contributed by atoms with van der Waals surface area (Å²) >= 11 is 9.96. The molecule has 108 valence electrons. The molecule has 0 amide bonds. The van der Waals surface area contributed by atoms with Crippen molar-refractivity contribution in [2.75, 3.05) is 0 Å². The van der Waals surface area contributed by atoms with E-state index >= 15 is 0 Å². The second-order valence-corrected chi connectivity index (χ2v) is 6.81. The van der Waals surface area contributed by atoms with E-state index in [0.717, 1.165) is 32.6 Å². The largest absolute Gasteiger partial charge is 0.295 e. The molecule has 1 atom stereocenters. The van der Waals surface area contributed by atoms with Gasteiger partial charge in [-0.1, -0.05) is 34.1 Å². The molecule has 0 bridgehead atoms. The highest BCUT2D eigenvalue weighted by Crippen LogP contribution is 2.31. The first-order chi connectivity index (χ1) is 9.99. The van der Waals surface area contributed by atoms with Crippen molar-refractivity contribution < 1.29 is 0 Å². The van der Waals surface area contributed by atoms with Gasteiger partial charge in [0.05, 0.1) is 16.4 Å². The summed E-state index contributed by atoms with van der Waals surface area (Å²) in [5.41, 5.74) is 5.55. The smallest absolute Gasteiger partial charge is 0.132 e. The Labute approximate surface area is 137 Å². The van der Waals surface area contributed by atoms with Gasteiger partial charge in [-0.05, 0) is 50.1 Å². The van der Waals surface area contributed by atoms with E-state index in [0.29, 0.717) is 0 Å². The predicted octanol–water partition coefficient (Wildman–Crippen LogP) is 5.70. The van der Waals surface area contributed by atoms with Gasteiger partial charge in [-0.3, -0.25) is 4.57 Å². The molecular formula is C17H16BrClN2. The zero-order valence-electron chi connectivity index (χ0n) is 12.2. The Hall–Kier alpha value is -1.32. The van der Waals surface area contributed by atoms with Crippen LogP contribution in [0.3, 0.4) is 0 Å². The maximum Gasteiger partial charge on any atom is 0.132 e. The van der Waals surface area contributed by atoms with Crippen LogP contribution < -0.4 is 0 Å². The van der Waals surface area contributed by atoms with E-state index in [4.69, 9.17) is 16.6 Å². The van der Waals surface area contributed by atoms with Crippen molar-refractivity contribution in [3.05, 3.63) is 57.8 Å². The summed E-state index contributed by atoms with van der Waals surface area (Å²) in [4.78, 5) is 4.76. The summed E-state index contributed by atoms with van der Waals surface area (Å²) in [5, 5.41) is -0.156. The molecular weight excluding hydrogens is 348 g/mol. The van der Waals surface area contributed by atoms with Crippen molar-refractivity contribution in [3.63, 3.8) is 0 Å². The Kier molecular flexibility index (Phi) is 3.80. The maximum absolute atomic E-state index is 6.36. The number of halogens is 2. The molecule has 2 nitrogen and oxygen atoms in total. The molecule has 0 aliphatic carbocycles.